The van der Waals surface area contributed by atoms with Gasteiger partial charge >= 0.3 is 0 Å². The van der Waals surface area contributed by atoms with Crippen molar-refractivity contribution in [1.29, 1.82) is 0 Å². The molecule has 6 heteroatoms. The molecule has 0 saturated carbocycles. The molecule has 1 aliphatic rings. The van der Waals surface area contributed by atoms with Crippen molar-refractivity contribution in [2.24, 2.45) is 7.05 Å². The lowest BCUT2D eigenvalue weighted by molar-refractivity contribution is -0.129. The van der Waals surface area contributed by atoms with Crippen molar-refractivity contribution in [3.8, 4) is 0 Å². The van der Waals surface area contributed by atoms with Gasteiger partial charge < -0.3 is 19.7 Å². The Morgan fingerprint density at radius 3 is 2.81 bits per heavy atom. The molecule has 27 heavy (non-hydrogen) atoms. The van der Waals surface area contributed by atoms with Crippen molar-refractivity contribution in [3.63, 3.8) is 0 Å². The van der Waals surface area contributed by atoms with Crippen LogP contribution >= 0.6 is 0 Å². The molecule has 0 radical (unpaired) electrons. The molecule has 1 atom stereocenters. The second kappa shape index (κ2) is 8.13. The van der Waals surface area contributed by atoms with Crippen molar-refractivity contribution < 1.29 is 9.59 Å². The minimum absolute atomic E-state index is 0.0597. The topological polar surface area (TPSA) is 57.6 Å². The molecule has 1 aliphatic heterocycles. The van der Waals surface area contributed by atoms with Gasteiger partial charge in [-0.25, -0.2) is 0 Å². The predicted molar refractivity (Wildman–Crippen MR) is 108 cm³/mol. The van der Waals surface area contributed by atoms with Gasteiger partial charge in [-0.3, -0.25) is 9.59 Å². The van der Waals surface area contributed by atoms with Gasteiger partial charge in [0.15, 0.2) is 0 Å². The molecule has 1 fully saturated rings. The Labute approximate surface area is 161 Å². The molecular weight excluding hydrogens is 340 g/mol. The van der Waals surface area contributed by atoms with Crippen LogP contribution in [0.15, 0.2) is 24.3 Å². The summed E-state index contributed by atoms with van der Waals surface area (Å²) in [7, 11) is 5.95. The Hall–Kier alpha value is -2.34. The summed E-state index contributed by atoms with van der Waals surface area (Å²) in [6.45, 7) is 4.25. The number of carbonyl (C=O) groups excluding carboxylic acids is 2. The highest BCUT2D eigenvalue weighted by molar-refractivity contribution is 5.98. The Bertz CT molecular complexity index is 840. The summed E-state index contributed by atoms with van der Waals surface area (Å²) >= 11 is 0. The first-order valence-corrected chi connectivity index (χ1v) is 9.65. The summed E-state index contributed by atoms with van der Waals surface area (Å²) in [5.41, 5.74) is 2.91. The number of likely N-dealkylation sites (tertiary alicyclic amines) is 1. The van der Waals surface area contributed by atoms with Crippen LogP contribution in [0.1, 0.15) is 35.3 Å². The molecule has 6 nitrogen and oxygen atoms in total. The Kier molecular flexibility index (Phi) is 5.85. The van der Waals surface area contributed by atoms with Crippen LogP contribution in [0.5, 0.6) is 0 Å². The number of nitrogens with one attached hydrogen (secondary N) is 1. The fourth-order valence-electron chi connectivity index (χ4n) is 3.84. The molecule has 1 N–H and O–H groups in total. The molecule has 0 aliphatic carbocycles. The first-order chi connectivity index (χ1) is 12.9. The van der Waals surface area contributed by atoms with E-state index in [2.05, 4.69) is 29.3 Å². The van der Waals surface area contributed by atoms with Crippen LogP contribution in [0.25, 0.3) is 10.9 Å². The van der Waals surface area contributed by atoms with E-state index in [0.29, 0.717) is 18.7 Å². The van der Waals surface area contributed by atoms with Gasteiger partial charge in [-0.1, -0.05) is 11.6 Å². The van der Waals surface area contributed by atoms with E-state index >= 15 is 0 Å². The number of hydrogen-bond donors (Lipinski definition) is 1. The van der Waals surface area contributed by atoms with Crippen LogP contribution in [-0.4, -0.2) is 66.0 Å². The van der Waals surface area contributed by atoms with Crippen LogP contribution in [-0.2, 0) is 11.8 Å². The number of likely N-dealkylation sites (N-methyl/N-ethyl adjacent to an activating group) is 1. The van der Waals surface area contributed by atoms with Crippen molar-refractivity contribution >= 4 is 22.7 Å². The third kappa shape index (κ3) is 4.33. The fraction of sp³-hybridized carbons (Fsp3) is 0.524. The van der Waals surface area contributed by atoms with E-state index in [0.717, 1.165) is 36.8 Å². The largest absolute Gasteiger partial charge is 0.351 e. The zero-order valence-corrected chi connectivity index (χ0v) is 16.8. The monoisotopic (exact) mass is 370 g/mol. The average molecular weight is 370 g/mol. The fourth-order valence-corrected chi connectivity index (χ4v) is 3.84. The lowest BCUT2D eigenvalue weighted by Gasteiger charge is -2.26. The van der Waals surface area contributed by atoms with Crippen LogP contribution in [0.4, 0.5) is 0 Å². The van der Waals surface area contributed by atoms with Gasteiger partial charge in [-0.05, 0) is 52.1 Å². The molecule has 1 aromatic heterocycles. The summed E-state index contributed by atoms with van der Waals surface area (Å²) in [6.07, 6.45) is 2.30. The molecular formula is C21H30N4O2. The molecule has 1 saturated heterocycles. The number of amides is 2. The number of rotatable bonds is 7. The second-order valence-electron chi connectivity index (χ2n) is 7.78. The third-order valence-corrected chi connectivity index (χ3v) is 5.43. The number of aryl methyl sites for hydroxylation is 2. The average Bonchev–Trinajstić information content (AvgIpc) is 3.13. The van der Waals surface area contributed by atoms with E-state index in [1.54, 1.807) is 0 Å². The molecule has 3 rings (SSSR count). The first-order valence-electron chi connectivity index (χ1n) is 9.65. The van der Waals surface area contributed by atoms with E-state index in [-0.39, 0.29) is 17.9 Å². The molecule has 1 aromatic carbocycles. The summed E-state index contributed by atoms with van der Waals surface area (Å²) < 4.78 is 1.94. The maximum Gasteiger partial charge on any atom is 0.267 e. The number of aromatic nitrogens is 1. The van der Waals surface area contributed by atoms with Gasteiger partial charge in [0.1, 0.15) is 5.69 Å². The summed E-state index contributed by atoms with van der Waals surface area (Å²) in [5.74, 6) is 0.174. The molecule has 146 valence electrons. The smallest absolute Gasteiger partial charge is 0.267 e. The zero-order valence-electron chi connectivity index (χ0n) is 16.8. The van der Waals surface area contributed by atoms with E-state index in [1.807, 2.05) is 42.7 Å². The van der Waals surface area contributed by atoms with Gasteiger partial charge in [-0.2, -0.15) is 0 Å². The molecule has 0 spiro atoms. The van der Waals surface area contributed by atoms with Crippen molar-refractivity contribution in [3.05, 3.63) is 35.5 Å². The minimum atomic E-state index is -0.0597. The van der Waals surface area contributed by atoms with Crippen molar-refractivity contribution in [1.82, 2.24) is 19.7 Å². The molecule has 2 aromatic rings. The molecule has 0 unspecified atom stereocenters. The van der Waals surface area contributed by atoms with Crippen LogP contribution in [0.3, 0.4) is 0 Å². The van der Waals surface area contributed by atoms with Crippen molar-refractivity contribution in [2.45, 2.75) is 32.2 Å². The Balaban J connectivity index is 1.58. The lowest BCUT2D eigenvalue weighted by Crippen LogP contribution is -2.40. The third-order valence-electron chi connectivity index (χ3n) is 5.43. The number of hydrogen-bond acceptors (Lipinski definition) is 3. The maximum atomic E-state index is 12.6. The zero-order chi connectivity index (χ0) is 19.6. The van der Waals surface area contributed by atoms with E-state index in [4.69, 9.17) is 0 Å². The van der Waals surface area contributed by atoms with Crippen LogP contribution < -0.4 is 5.32 Å². The molecule has 2 amide bonds. The first kappa shape index (κ1) is 19.4. The van der Waals surface area contributed by atoms with E-state index in [9.17, 15) is 9.59 Å². The van der Waals surface area contributed by atoms with Crippen LogP contribution in [0, 0.1) is 6.92 Å². The van der Waals surface area contributed by atoms with Gasteiger partial charge in [-0.15, -0.1) is 0 Å². The highest BCUT2D eigenvalue weighted by Gasteiger charge is 2.30. The quantitative estimate of drug-likeness (QED) is 0.813. The molecule has 2 heterocycles. The van der Waals surface area contributed by atoms with E-state index in [1.165, 1.54) is 5.56 Å². The van der Waals surface area contributed by atoms with E-state index < -0.39 is 0 Å². The Morgan fingerprint density at radius 2 is 2.07 bits per heavy atom. The number of fused-ring (bicyclic) bond motifs is 1. The number of carbonyl (C=O) groups is 2. The second-order valence-corrected chi connectivity index (χ2v) is 7.78. The number of nitrogens with zero attached hydrogens (tertiary/aromatic N) is 3. The maximum absolute atomic E-state index is 12.6. The highest BCUT2D eigenvalue weighted by atomic mass is 16.2. The lowest BCUT2D eigenvalue weighted by atomic mass is 10.1. The van der Waals surface area contributed by atoms with Gasteiger partial charge in [0.2, 0.25) is 5.91 Å². The summed E-state index contributed by atoms with van der Waals surface area (Å²) in [6, 6.07) is 8.38. The van der Waals surface area contributed by atoms with Crippen molar-refractivity contribution in [2.75, 3.05) is 33.7 Å². The van der Waals surface area contributed by atoms with Gasteiger partial charge in [0, 0.05) is 50.0 Å². The minimum Gasteiger partial charge on any atom is -0.351 e. The van der Waals surface area contributed by atoms with Crippen LogP contribution in [0.2, 0.25) is 0 Å². The van der Waals surface area contributed by atoms with Gasteiger partial charge in [0.25, 0.3) is 5.91 Å². The van der Waals surface area contributed by atoms with Gasteiger partial charge in [0.05, 0.1) is 0 Å². The summed E-state index contributed by atoms with van der Waals surface area (Å²) in [5, 5.41) is 4.12. The number of benzene rings is 1. The standard InChI is InChI=1S/C21H30N4O2/c1-15-5-7-18-16(13-15)14-19(24(18)4)21(27)22-10-9-17-6-8-20(26)25(17)12-11-23(2)3/h5,7,13-14,17H,6,8-12H2,1-4H3,(H,22,27)/t17-/m1/s1. The Morgan fingerprint density at radius 1 is 1.30 bits per heavy atom. The summed E-state index contributed by atoms with van der Waals surface area (Å²) in [4.78, 5) is 28.8. The predicted octanol–water partition coefficient (Wildman–Crippen LogP) is 2.16. The highest BCUT2D eigenvalue weighted by Crippen LogP contribution is 2.22. The normalized spacial score (nSPS) is 17.3. The molecule has 0 bridgehead atoms. The SMILES string of the molecule is Cc1ccc2c(c1)cc(C(=O)NCC[C@H]1CCC(=O)N1CCN(C)C)n2C.